The van der Waals surface area contributed by atoms with Crippen LogP contribution in [0.2, 0.25) is 0 Å². The minimum atomic E-state index is -0.0175. The summed E-state index contributed by atoms with van der Waals surface area (Å²) in [5, 5.41) is 3.03. The summed E-state index contributed by atoms with van der Waals surface area (Å²) in [6, 6.07) is 6.01. The molecule has 0 aromatic heterocycles. The average Bonchev–Trinajstić information content (AvgIpc) is 2.53. The normalized spacial score (nSPS) is 21.9. The number of carbonyl (C=O) groups excluding carboxylic acids is 1. The van der Waals surface area contributed by atoms with Crippen LogP contribution in [0.15, 0.2) is 18.2 Å². The van der Waals surface area contributed by atoms with Crippen molar-refractivity contribution >= 4 is 5.91 Å². The highest BCUT2D eigenvalue weighted by molar-refractivity contribution is 5.79. The van der Waals surface area contributed by atoms with Gasteiger partial charge in [0, 0.05) is 13.2 Å². The molecule has 4 nitrogen and oxygen atoms in total. The standard InChI is InChI=1S/C17H25NO3/c1-4-15-14(6-5-9-21-15)17(19)18-11-13-8-7-12(2)16(10-13)20-3/h7-8,10,14-15H,4-6,9,11H2,1-3H3,(H,18,19)/t14-,15+/m0/s1. The molecule has 2 atom stereocenters. The predicted octanol–water partition coefficient (Wildman–Crippen LogP) is 2.83. The van der Waals surface area contributed by atoms with Gasteiger partial charge >= 0.3 is 0 Å². The molecule has 1 aromatic rings. The van der Waals surface area contributed by atoms with Crippen LogP contribution in [0.5, 0.6) is 5.75 Å². The van der Waals surface area contributed by atoms with Gasteiger partial charge in [0.1, 0.15) is 5.75 Å². The van der Waals surface area contributed by atoms with E-state index in [0.29, 0.717) is 6.54 Å². The quantitative estimate of drug-likeness (QED) is 0.907. The van der Waals surface area contributed by atoms with E-state index >= 15 is 0 Å². The second-order valence-electron chi connectivity index (χ2n) is 5.59. The maximum absolute atomic E-state index is 12.3. The average molecular weight is 291 g/mol. The molecule has 1 saturated heterocycles. The van der Waals surface area contributed by atoms with Crippen molar-refractivity contribution in [1.82, 2.24) is 5.32 Å². The van der Waals surface area contributed by atoms with Gasteiger partial charge in [-0.15, -0.1) is 0 Å². The van der Waals surface area contributed by atoms with Crippen molar-refractivity contribution in [1.29, 1.82) is 0 Å². The number of hydrogen-bond donors (Lipinski definition) is 1. The van der Waals surface area contributed by atoms with Gasteiger partial charge in [-0.05, 0) is 43.4 Å². The molecule has 0 bridgehead atoms. The Labute approximate surface area is 126 Å². The molecule has 0 unspecified atom stereocenters. The van der Waals surface area contributed by atoms with E-state index in [2.05, 4.69) is 12.2 Å². The number of amides is 1. The molecule has 0 spiro atoms. The fraction of sp³-hybridized carbons (Fsp3) is 0.588. The molecule has 0 saturated carbocycles. The third-order valence-electron chi connectivity index (χ3n) is 4.12. The van der Waals surface area contributed by atoms with Gasteiger partial charge in [-0.2, -0.15) is 0 Å². The molecule has 4 heteroatoms. The van der Waals surface area contributed by atoms with E-state index < -0.39 is 0 Å². The number of hydrogen-bond acceptors (Lipinski definition) is 3. The molecule has 21 heavy (non-hydrogen) atoms. The van der Waals surface area contributed by atoms with Crippen LogP contribution in [0.1, 0.15) is 37.3 Å². The van der Waals surface area contributed by atoms with Crippen LogP contribution in [-0.4, -0.2) is 25.7 Å². The lowest BCUT2D eigenvalue weighted by Crippen LogP contribution is -2.41. The Bertz CT molecular complexity index is 487. The lowest BCUT2D eigenvalue weighted by Gasteiger charge is -2.30. The van der Waals surface area contributed by atoms with Crippen LogP contribution in [0, 0.1) is 12.8 Å². The second kappa shape index (κ2) is 7.46. The third-order valence-corrected chi connectivity index (χ3v) is 4.12. The van der Waals surface area contributed by atoms with E-state index in [1.807, 2.05) is 25.1 Å². The molecule has 1 heterocycles. The SMILES string of the molecule is CC[C@H]1OCCC[C@@H]1C(=O)NCc1ccc(C)c(OC)c1. The van der Waals surface area contributed by atoms with Crippen LogP contribution in [0.3, 0.4) is 0 Å². The molecule has 1 aliphatic heterocycles. The summed E-state index contributed by atoms with van der Waals surface area (Å²) in [4.78, 5) is 12.3. The summed E-state index contributed by atoms with van der Waals surface area (Å²) < 4.78 is 11.0. The van der Waals surface area contributed by atoms with Crippen molar-refractivity contribution in [2.24, 2.45) is 5.92 Å². The molecular weight excluding hydrogens is 266 g/mol. The van der Waals surface area contributed by atoms with Gasteiger partial charge in [-0.3, -0.25) is 4.79 Å². The number of carbonyl (C=O) groups is 1. The fourth-order valence-electron chi connectivity index (χ4n) is 2.84. The van der Waals surface area contributed by atoms with E-state index in [1.165, 1.54) is 0 Å². The summed E-state index contributed by atoms with van der Waals surface area (Å²) >= 11 is 0. The molecule has 116 valence electrons. The Morgan fingerprint density at radius 2 is 2.29 bits per heavy atom. The summed E-state index contributed by atoms with van der Waals surface area (Å²) in [6.45, 7) is 5.38. The molecule has 2 rings (SSSR count). The molecule has 1 aliphatic rings. The van der Waals surface area contributed by atoms with Gasteiger partial charge in [0.05, 0.1) is 19.1 Å². The van der Waals surface area contributed by atoms with E-state index in [4.69, 9.17) is 9.47 Å². The summed E-state index contributed by atoms with van der Waals surface area (Å²) in [5.74, 6) is 0.936. The Balaban J connectivity index is 1.94. The highest BCUT2D eigenvalue weighted by atomic mass is 16.5. The first-order chi connectivity index (χ1) is 10.2. The Morgan fingerprint density at radius 1 is 1.48 bits per heavy atom. The number of nitrogens with one attached hydrogen (secondary N) is 1. The zero-order chi connectivity index (χ0) is 15.2. The van der Waals surface area contributed by atoms with Crippen molar-refractivity contribution in [2.45, 2.75) is 45.8 Å². The topological polar surface area (TPSA) is 47.6 Å². The van der Waals surface area contributed by atoms with Gasteiger partial charge in [0.2, 0.25) is 5.91 Å². The second-order valence-corrected chi connectivity index (χ2v) is 5.59. The Morgan fingerprint density at radius 3 is 3.00 bits per heavy atom. The molecule has 1 amide bonds. The number of methoxy groups -OCH3 is 1. The zero-order valence-electron chi connectivity index (χ0n) is 13.1. The van der Waals surface area contributed by atoms with Gasteiger partial charge in [-0.1, -0.05) is 19.1 Å². The zero-order valence-corrected chi connectivity index (χ0v) is 13.1. The van der Waals surface area contributed by atoms with Crippen molar-refractivity contribution in [2.75, 3.05) is 13.7 Å². The van der Waals surface area contributed by atoms with Crippen molar-refractivity contribution in [3.8, 4) is 5.75 Å². The van der Waals surface area contributed by atoms with Crippen LogP contribution in [0.4, 0.5) is 0 Å². The van der Waals surface area contributed by atoms with Crippen molar-refractivity contribution in [3.05, 3.63) is 29.3 Å². The smallest absolute Gasteiger partial charge is 0.225 e. The molecule has 1 fully saturated rings. The first-order valence-electron chi connectivity index (χ1n) is 7.68. The van der Waals surface area contributed by atoms with E-state index in [1.54, 1.807) is 7.11 Å². The van der Waals surface area contributed by atoms with E-state index in [0.717, 1.165) is 42.7 Å². The van der Waals surface area contributed by atoms with Gasteiger partial charge in [-0.25, -0.2) is 0 Å². The van der Waals surface area contributed by atoms with Crippen LogP contribution in [0.25, 0.3) is 0 Å². The fourth-order valence-corrected chi connectivity index (χ4v) is 2.84. The van der Waals surface area contributed by atoms with Gasteiger partial charge < -0.3 is 14.8 Å². The predicted molar refractivity (Wildman–Crippen MR) is 82.3 cm³/mol. The van der Waals surface area contributed by atoms with Crippen LogP contribution in [-0.2, 0) is 16.1 Å². The van der Waals surface area contributed by atoms with Gasteiger partial charge in [0.25, 0.3) is 0 Å². The highest BCUT2D eigenvalue weighted by Gasteiger charge is 2.30. The minimum absolute atomic E-state index is 0.0175. The summed E-state index contributed by atoms with van der Waals surface area (Å²) in [7, 11) is 1.66. The Kier molecular flexibility index (Phi) is 5.62. The largest absolute Gasteiger partial charge is 0.496 e. The number of benzene rings is 1. The molecule has 0 radical (unpaired) electrons. The number of aryl methyl sites for hydroxylation is 1. The lowest BCUT2D eigenvalue weighted by atomic mass is 9.92. The summed E-state index contributed by atoms with van der Waals surface area (Å²) in [6.07, 6.45) is 2.83. The highest BCUT2D eigenvalue weighted by Crippen LogP contribution is 2.24. The summed E-state index contributed by atoms with van der Waals surface area (Å²) in [5.41, 5.74) is 2.15. The number of rotatable bonds is 5. The maximum atomic E-state index is 12.3. The maximum Gasteiger partial charge on any atom is 0.225 e. The molecular formula is C17H25NO3. The Hall–Kier alpha value is -1.55. The molecule has 1 aromatic carbocycles. The lowest BCUT2D eigenvalue weighted by molar-refractivity contribution is -0.134. The van der Waals surface area contributed by atoms with Crippen molar-refractivity contribution < 1.29 is 14.3 Å². The first-order valence-corrected chi connectivity index (χ1v) is 7.68. The number of ether oxygens (including phenoxy) is 2. The monoisotopic (exact) mass is 291 g/mol. The van der Waals surface area contributed by atoms with Crippen LogP contribution < -0.4 is 10.1 Å². The minimum Gasteiger partial charge on any atom is -0.496 e. The molecule has 1 N–H and O–H groups in total. The first kappa shape index (κ1) is 15.8. The van der Waals surface area contributed by atoms with E-state index in [-0.39, 0.29) is 17.9 Å². The van der Waals surface area contributed by atoms with E-state index in [9.17, 15) is 4.79 Å². The van der Waals surface area contributed by atoms with Gasteiger partial charge in [0.15, 0.2) is 0 Å². The third kappa shape index (κ3) is 3.97. The van der Waals surface area contributed by atoms with Crippen molar-refractivity contribution in [3.63, 3.8) is 0 Å². The molecule has 0 aliphatic carbocycles. The van der Waals surface area contributed by atoms with Crippen LogP contribution >= 0.6 is 0 Å².